The van der Waals surface area contributed by atoms with Crippen molar-refractivity contribution in [3.05, 3.63) is 57.7 Å². The van der Waals surface area contributed by atoms with E-state index in [-0.39, 0.29) is 11.9 Å². The van der Waals surface area contributed by atoms with Crippen molar-refractivity contribution in [1.29, 1.82) is 0 Å². The Labute approximate surface area is 101 Å². The van der Waals surface area contributed by atoms with Gasteiger partial charge in [-0.2, -0.15) is 0 Å². The molecule has 1 aromatic carbocycles. The Kier molecular flexibility index (Phi) is 3.12. The quantitative estimate of drug-likeness (QED) is 0.916. The molecule has 0 saturated heterocycles. The van der Waals surface area contributed by atoms with Gasteiger partial charge in [-0.1, -0.05) is 6.07 Å². The predicted molar refractivity (Wildman–Crippen MR) is 63.6 cm³/mol. The van der Waals surface area contributed by atoms with Crippen molar-refractivity contribution >= 4 is 15.9 Å². The summed E-state index contributed by atoms with van der Waals surface area (Å²) in [6.07, 6.45) is 0. The van der Waals surface area contributed by atoms with E-state index >= 15 is 0 Å². The van der Waals surface area contributed by atoms with Crippen LogP contribution in [0.4, 0.5) is 4.39 Å². The van der Waals surface area contributed by atoms with Gasteiger partial charge in [-0.15, -0.1) is 0 Å². The summed E-state index contributed by atoms with van der Waals surface area (Å²) in [6.45, 7) is 1.83. The van der Waals surface area contributed by atoms with Gasteiger partial charge in [0.2, 0.25) is 0 Å². The number of furan rings is 1. The van der Waals surface area contributed by atoms with E-state index in [2.05, 4.69) is 15.9 Å². The number of hydrogen-bond donors (Lipinski definition) is 1. The smallest absolute Gasteiger partial charge is 0.169 e. The van der Waals surface area contributed by atoms with Crippen molar-refractivity contribution < 1.29 is 8.81 Å². The van der Waals surface area contributed by atoms with E-state index in [4.69, 9.17) is 10.2 Å². The first kappa shape index (κ1) is 11.4. The summed E-state index contributed by atoms with van der Waals surface area (Å²) in [7, 11) is 0. The van der Waals surface area contributed by atoms with Gasteiger partial charge in [-0.25, -0.2) is 4.39 Å². The van der Waals surface area contributed by atoms with Gasteiger partial charge >= 0.3 is 0 Å². The third-order valence-corrected chi connectivity index (χ3v) is 2.89. The van der Waals surface area contributed by atoms with Crippen LogP contribution in [-0.4, -0.2) is 0 Å². The van der Waals surface area contributed by atoms with Crippen molar-refractivity contribution in [2.45, 2.75) is 13.0 Å². The van der Waals surface area contributed by atoms with E-state index in [9.17, 15) is 4.39 Å². The molecule has 1 atom stereocenters. The Bertz CT molecular complexity index is 509. The highest BCUT2D eigenvalue weighted by Gasteiger charge is 2.15. The van der Waals surface area contributed by atoms with Gasteiger partial charge in [-0.05, 0) is 58.2 Å². The van der Waals surface area contributed by atoms with Crippen LogP contribution in [0.1, 0.15) is 22.9 Å². The summed E-state index contributed by atoms with van der Waals surface area (Å²) in [4.78, 5) is 0. The highest BCUT2D eigenvalue weighted by Crippen LogP contribution is 2.26. The Morgan fingerprint density at radius 3 is 2.62 bits per heavy atom. The molecule has 0 aliphatic heterocycles. The average Bonchev–Trinajstić information content (AvgIpc) is 2.64. The molecule has 2 nitrogen and oxygen atoms in total. The number of hydrogen-bond acceptors (Lipinski definition) is 2. The van der Waals surface area contributed by atoms with Crippen LogP contribution >= 0.6 is 15.9 Å². The summed E-state index contributed by atoms with van der Waals surface area (Å²) < 4.78 is 19.0. The number of benzene rings is 1. The molecule has 4 heteroatoms. The second kappa shape index (κ2) is 4.39. The zero-order valence-corrected chi connectivity index (χ0v) is 10.3. The maximum Gasteiger partial charge on any atom is 0.169 e. The molecule has 84 valence electrons. The van der Waals surface area contributed by atoms with Crippen LogP contribution in [-0.2, 0) is 0 Å². The lowest BCUT2D eigenvalue weighted by atomic mass is 10.0. The molecule has 0 aliphatic rings. The van der Waals surface area contributed by atoms with Crippen LogP contribution in [0.15, 0.2) is 39.4 Å². The van der Waals surface area contributed by atoms with Gasteiger partial charge in [0.05, 0.1) is 6.04 Å². The van der Waals surface area contributed by atoms with Crippen LogP contribution < -0.4 is 5.73 Å². The van der Waals surface area contributed by atoms with Crippen LogP contribution in [0.2, 0.25) is 0 Å². The molecule has 1 heterocycles. The number of halogens is 2. The lowest BCUT2D eigenvalue weighted by Gasteiger charge is -2.12. The molecule has 0 amide bonds. The molecule has 2 aromatic rings. The van der Waals surface area contributed by atoms with E-state index in [0.717, 1.165) is 11.1 Å². The molecule has 0 aliphatic carbocycles. The minimum Gasteiger partial charge on any atom is -0.452 e. The number of aryl methyl sites for hydroxylation is 1. The minimum atomic E-state index is -0.369. The molecule has 16 heavy (non-hydrogen) atoms. The fraction of sp³-hybridized carbons (Fsp3) is 0.167. The van der Waals surface area contributed by atoms with Crippen molar-refractivity contribution in [3.8, 4) is 0 Å². The summed E-state index contributed by atoms with van der Waals surface area (Å²) in [5, 5.41) is 0. The topological polar surface area (TPSA) is 39.2 Å². The van der Waals surface area contributed by atoms with E-state index in [1.807, 2.05) is 6.92 Å². The second-order valence-electron chi connectivity index (χ2n) is 3.62. The van der Waals surface area contributed by atoms with Gasteiger partial charge in [0.15, 0.2) is 4.67 Å². The molecule has 2 N–H and O–H groups in total. The molecule has 1 aromatic heterocycles. The molecule has 0 spiro atoms. The van der Waals surface area contributed by atoms with E-state index < -0.39 is 0 Å². The predicted octanol–water partition coefficient (Wildman–Crippen LogP) is 3.54. The fourth-order valence-corrected chi connectivity index (χ4v) is 1.96. The molecule has 0 radical (unpaired) electrons. The van der Waals surface area contributed by atoms with Crippen LogP contribution in [0.25, 0.3) is 0 Å². The largest absolute Gasteiger partial charge is 0.452 e. The molecule has 1 unspecified atom stereocenters. The van der Waals surface area contributed by atoms with E-state index in [1.54, 1.807) is 18.2 Å². The zero-order chi connectivity index (χ0) is 11.7. The van der Waals surface area contributed by atoms with Crippen LogP contribution in [0.3, 0.4) is 0 Å². The molecular weight excluding hydrogens is 273 g/mol. The Morgan fingerprint density at radius 2 is 2.06 bits per heavy atom. The fourth-order valence-electron chi connectivity index (χ4n) is 1.64. The molecule has 0 bridgehead atoms. The highest BCUT2D eigenvalue weighted by atomic mass is 79.9. The first-order valence-corrected chi connectivity index (χ1v) is 5.64. The summed E-state index contributed by atoms with van der Waals surface area (Å²) in [5.41, 5.74) is 7.73. The lowest BCUT2D eigenvalue weighted by molar-refractivity contribution is 0.469. The van der Waals surface area contributed by atoms with Gasteiger partial charge < -0.3 is 10.2 Å². The summed E-state index contributed by atoms with van der Waals surface area (Å²) >= 11 is 3.22. The summed E-state index contributed by atoms with van der Waals surface area (Å²) in [6, 6.07) is 7.77. The van der Waals surface area contributed by atoms with Crippen molar-refractivity contribution in [3.63, 3.8) is 0 Å². The SMILES string of the molecule is Cc1cc(F)ccc1C(N)c1ccc(Br)o1. The van der Waals surface area contributed by atoms with Crippen LogP contribution in [0, 0.1) is 12.7 Å². The summed E-state index contributed by atoms with van der Waals surface area (Å²) in [5.74, 6) is 0.399. The zero-order valence-electron chi connectivity index (χ0n) is 8.71. The third kappa shape index (κ3) is 2.18. The first-order valence-electron chi connectivity index (χ1n) is 4.85. The second-order valence-corrected chi connectivity index (χ2v) is 4.40. The number of rotatable bonds is 2. The highest BCUT2D eigenvalue weighted by molar-refractivity contribution is 9.10. The molecule has 0 fully saturated rings. The molecule has 0 saturated carbocycles. The third-order valence-electron chi connectivity index (χ3n) is 2.47. The van der Waals surface area contributed by atoms with Gasteiger partial charge in [-0.3, -0.25) is 0 Å². The van der Waals surface area contributed by atoms with Gasteiger partial charge in [0.25, 0.3) is 0 Å². The van der Waals surface area contributed by atoms with Gasteiger partial charge in [0.1, 0.15) is 11.6 Å². The Morgan fingerprint density at radius 1 is 1.31 bits per heavy atom. The average molecular weight is 284 g/mol. The van der Waals surface area contributed by atoms with Gasteiger partial charge in [0, 0.05) is 0 Å². The first-order chi connectivity index (χ1) is 7.58. The minimum absolute atomic E-state index is 0.255. The number of nitrogens with two attached hydrogens (primary N) is 1. The monoisotopic (exact) mass is 283 g/mol. The maximum atomic E-state index is 12.9. The normalized spacial score (nSPS) is 12.8. The Hall–Kier alpha value is -1.13. The van der Waals surface area contributed by atoms with Crippen molar-refractivity contribution in [2.24, 2.45) is 5.73 Å². The molecule has 2 rings (SSSR count). The Balaban J connectivity index is 2.37. The lowest BCUT2D eigenvalue weighted by Crippen LogP contribution is -2.12. The van der Waals surface area contributed by atoms with Crippen molar-refractivity contribution in [2.75, 3.05) is 0 Å². The standard InChI is InChI=1S/C12H11BrFNO/c1-7-6-8(14)2-3-9(7)12(15)10-4-5-11(13)16-10/h2-6,12H,15H2,1H3. The van der Waals surface area contributed by atoms with Crippen LogP contribution in [0.5, 0.6) is 0 Å². The maximum absolute atomic E-state index is 12.9. The van der Waals surface area contributed by atoms with E-state index in [1.165, 1.54) is 12.1 Å². The molecular formula is C12H11BrFNO. The van der Waals surface area contributed by atoms with Crippen molar-refractivity contribution in [1.82, 2.24) is 0 Å². The van der Waals surface area contributed by atoms with E-state index in [0.29, 0.717) is 10.4 Å².